The smallest absolute Gasteiger partial charge is 0.307 e. The lowest BCUT2D eigenvalue weighted by Crippen LogP contribution is -2.34. The van der Waals surface area contributed by atoms with Crippen molar-refractivity contribution in [2.75, 3.05) is 0 Å². The standard InChI is InChI=1S/C18H26O2/c1-12-7-5-6-8-14(12)16-11-13(18(2,3)4)9-10-15(16)17(19)20/h5-8,13,15-16H,9-11H2,1-4H3,(H,19,20). The third-order valence-electron chi connectivity index (χ3n) is 4.98. The highest BCUT2D eigenvalue weighted by Crippen LogP contribution is 2.47. The van der Waals surface area contributed by atoms with E-state index >= 15 is 0 Å². The summed E-state index contributed by atoms with van der Waals surface area (Å²) in [4.78, 5) is 11.6. The zero-order valence-corrected chi connectivity index (χ0v) is 13.0. The highest BCUT2D eigenvalue weighted by Gasteiger charge is 2.39. The fraction of sp³-hybridized carbons (Fsp3) is 0.611. The van der Waals surface area contributed by atoms with Crippen LogP contribution in [0.4, 0.5) is 0 Å². The fourth-order valence-corrected chi connectivity index (χ4v) is 3.60. The van der Waals surface area contributed by atoms with Gasteiger partial charge in [-0.05, 0) is 54.6 Å². The Bertz CT molecular complexity index is 484. The minimum Gasteiger partial charge on any atom is -0.481 e. The van der Waals surface area contributed by atoms with Gasteiger partial charge in [-0.1, -0.05) is 45.0 Å². The van der Waals surface area contributed by atoms with Crippen molar-refractivity contribution in [3.63, 3.8) is 0 Å². The van der Waals surface area contributed by atoms with E-state index in [1.165, 1.54) is 11.1 Å². The van der Waals surface area contributed by atoms with Crippen LogP contribution in [0.1, 0.15) is 57.1 Å². The molecular weight excluding hydrogens is 248 g/mol. The second kappa shape index (κ2) is 5.59. The summed E-state index contributed by atoms with van der Waals surface area (Å²) in [5.74, 6) is -0.102. The van der Waals surface area contributed by atoms with Crippen molar-refractivity contribution in [3.05, 3.63) is 35.4 Å². The summed E-state index contributed by atoms with van der Waals surface area (Å²) in [5.41, 5.74) is 2.71. The first-order valence-corrected chi connectivity index (χ1v) is 7.59. The van der Waals surface area contributed by atoms with E-state index in [2.05, 4.69) is 39.8 Å². The Kier molecular flexibility index (Phi) is 4.22. The van der Waals surface area contributed by atoms with Gasteiger partial charge in [-0.3, -0.25) is 4.79 Å². The number of rotatable bonds is 2. The first-order chi connectivity index (χ1) is 9.30. The van der Waals surface area contributed by atoms with Crippen LogP contribution in [0, 0.1) is 24.2 Å². The number of aryl methyl sites for hydroxylation is 1. The molecule has 3 unspecified atom stereocenters. The Labute approximate surface area is 122 Å². The van der Waals surface area contributed by atoms with Gasteiger partial charge < -0.3 is 5.11 Å². The molecule has 0 bridgehead atoms. The molecule has 0 heterocycles. The maximum atomic E-state index is 11.6. The predicted molar refractivity (Wildman–Crippen MR) is 81.8 cm³/mol. The molecule has 2 nitrogen and oxygen atoms in total. The minimum absolute atomic E-state index is 0.159. The van der Waals surface area contributed by atoms with E-state index in [4.69, 9.17) is 0 Å². The lowest BCUT2D eigenvalue weighted by Gasteiger charge is -2.41. The fourth-order valence-electron chi connectivity index (χ4n) is 3.60. The Morgan fingerprint density at radius 2 is 1.85 bits per heavy atom. The van der Waals surface area contributed by atoms with E-state index in [9.17, 15) is 9.90 Å². The molecule has 1 aromatic carbocycles. The van der Waals surface area contributed by atoms with Crippen molar-refractivity contribution in [3.8, 4) is 0 Å². The van der Waals surface area contributed by atoms with E-state index in [-0.39, 0.29) is 17.3 Å². The van der Waals surface area contributed by atoms with E-state index in [0.717, 1.165) is 19.3 Å². The molecule has 1 fully saturated rings. The third kappa shape index (κ3) is 3.05. The number of carboxylic acid groups (broad SMARTS) is 1. The first-order valence-electron chi connectivity index (χ1n) is 7.59. The molecule has 110 valence electrons. The summed E-state index contributed by atoms with van der Waals surface area (Å²) in [6.45, 7) is 8.91. The SMILES string of the molecule is Cc1ccccc1C1CC(C(C)(C)C)CCC1C(=O)O. The Morgan fingerprint density at radius 3 is 2.40 bits per heavy atom. The Balaban J connectivity index is 2.33. The largest absolute Gasteiger partial charge is 0.481 e. The lowest BCUT2D eigenvalue weighted by molar-refractivity contribution is -0.144. The maximum Gasteiger partial charge on any atom is 0.307 e. The van der Waals surface area contributed by atoms with Gasteiger partial charge in [0, 0.05) is 0 Å². The summed E-state index contributed by atoms with van der Waals surface area (Å²) in [5, 5.41) is 9.55. The van der Waals surface area contributed by atoms with Crippen LogP contribution in [0.2, 0.25) is 0 Å². The average Bonchev–Trinajstić information content (AvgIpc) is 2.37. The van der Waals surface area contributed by atoms with E-state index < -0.39 is 5.97 Å². The van der Waals surface area contributed by atoms with Gasteiger partial charge in [0.1, 0.15) is 0 Å². The molecule has 3 atom stereocenters. The lowest BCUT2D eigenvalue weighted by atomic mass is 9.63. The zero-order chi connectivity index (χ0) is 14.9. The van der Waals surface area contributed by atoms with Crippen molar-refractivity contribution in [2.24, 2.45) is 17.3 Å². The number of carboxylic acids is 1. The molecule has 0 spiro atoms. The van der Waals surface area contributed by atoms with Gasteiger partial charge in [0.25, 0.3) is 0 Å². The summed E-state index contributed by atoms with van der Waals surface area (Å²) >= 11 is 0. The van der Waals surface area contributed by atoms with Crippen molar-refractivity contribution in [2.45, 2.75) is 52.9 Å². The first kappa shape index (κ1) is 15.1. The number of hydrogen-bond acceptors (Lipinski definition) is 1. The summed E-state index contributed by atoms with van der Waals surface area (Å²) < 4.78 is 0. The normalized spacial score (nSPS) is 27.3. The second-order valence-electron chi connectivity index (χ2n) is 7.28. The highest BCUT2D eigenvalue weighted by molar-refractivity contribution is 5.71. The minimum atomic E-state index is -0.634. The van der Waals surface area contributed by atoms with Gasteiger partial charge in [0.15, 0.2) is 0 Å². The molecule has 0 amide bonds. The molecule has 1 aromatic rings. The molecule has 2 heteroatoms. The molecule has 1 aliphatic carbocycles. The quantitative estimate of drug-likeness (QED) is 0.854. The molecular formula is C18H26O2. The van der Waals surface area contributed by atoms with Crippen LogP contribution < -0.4 is 0 Å². The molecule has 0 aromatic heterocycles. The van der Waals surface area contributed by atoms with Gasteiger partial charge in [-0.2, -0.15) is 0 Å². The van der Waals surface area contributed by atoms with Crippen molar-refractivity contribution >= 4 is 5.97 Å². The molecule has 0 saturated heterocycles. The van der Waals surface area contributed by atoms with Crippen LogP contribution >= 0.6 is 0 Å². The van der Waals surface area contributed by atoms with E-state index in [1.807, 2.05) is 12.1 Å². The van der Waals surface area contributed by atoms with Crippen molar-refractivity contribution in [1.29, 1.82) is 0 Å². The molecule has 1 aliphatic rings. The van der Waals surface area contributed by atoms with Crippen LogP contribution in [-0.2, 0) is 4.79 Å². The van der Waals surface area contributed by atoms with Crippen LogP contribution in [-0.4, -0.2) is 11.1 Å². The van der Waals surface area contributed by atoms with Gasteiger partial charge in [-0.25, -0.2) is 0 Å². The number of benzene rings is 1. The van der Waals surface area contributed by atoms with Crippen LogP contribution in [0.5, 0.6) is 0 Å². The van der Waals surface area contributed by atoms with Gasteiger partial charge >= 0.3 is 5.97 Å². The topological polar surface area (TPSA) is 37.3 Å². The van der Waals surface area contributed by atoms with Crippen molar-refractivity contribution in [1.82, 2.24) is 0 Å². The molecule has 1 saturated carbocycles. The molecule has 0 aliphatic heterocycles. The number of carbonyl (C=O) groups is 1. The maximum absolute atomic E-state index is 11.6. The van der Waals surface area contributed by atoms with E-state index in [1.54, 1.807) is 0 Å². The van der Waals surface area contributed by atoms with Gasteiger partial charge in [-0.15, -0.1) is 0 Å². The number of aliphatic carboxylic acids is 1. The summed E-state index contributed by atoms with van der Waals surface area (Å²) in [7, 11) is 0. The molecule has 1 N–H and O–H groups in total. The Hall–Kier alpha value is -1.31. The van der Waals surface area contributed by atoms with Crippen LogP contribution in [0.15, 0.2) is 24.3 Å². The third-order valence-corrected chi connectivity index (χ3v) is 4.98. The summed E-state index contributed by atoms with van der Waals surface area (Å²) in [6, 6.07) is 8.26. The number of hydrogen-bond donors (Lipinski definition) is 1. The van der Waals surface area contributed by atoms with Gasteiger partial charge in [0.2, 0.25) is 0 Å². The van der Waals surface area contributed by atoms with E-state index in [0.29, 0.717) is 5.92 Å². The average molecular weight is 274 g/mol. The molecule has 20 heavy (non-hydrogen) atoms. The predicted octanol–water partition coefficient (Wildman–Crippen LogP) is 4.63. The zero-order valence-electron chi connectivity index (χ0n) is 13.0. The van der Waals surface area contributed by atoms with Crippen molar-refractivity contribution < 1.29 is 9.90 Å². The van der Waals surface area contributed by atoms with Crippen LogP contribution in [0.3, 0.4) is 0 Å². The second-order valence-corrected chi connectivity index (χ2v) is 7.28. The molecule has 0 radical (unpaired) electrons. The van der Waals surface area contributed by atoms with Gasteiger partial charge in [0.05, 0.1) is 5.92 Å². The monoisotopic (exact) mass is 274 g/mol. The van der Waals surface area contributed by atoms with Crippen LogP contribution in [0.25, 0.3) is 0 Å². The highest BCUT2D eigenvalue weighted by atomic mass is 16.4. The molecule has 2 rings (SSSR count). The summed E-state index contributed by atoms with van der Waals surface area (Å²) in [6.07, 6.45) is 2.82. The Morgan fingerprint density at radius 1 is 1.20 bits per heavy atom.